The molecule has 2 unspecified atom stereocenters. The number of rotatable bonds is 3. The first-order chi connectivity index (χ1) is 12.1. The van der Waals surface area contributed by atoms with Crippen LogP contribution in [-0.4, -0.2) is 49.5 Å². The summed E-state index contributed by atoms with van der Waals surface area (Å²) < 4.78 is 5.42. The van der Waals surface area contributed by atoms with Gasteiger partial charge in [0.05, 0.1) is 35.5 Å². The van der Waals surface area contributed by atoms with Crippen LogP contribution in [0.5, 0.6) is 0 Å². The molecule has 0 spiro atoms. The first-order valence-corrected chi connectivity index (χ1v) is 9.43. The van der Waals surface area contributed by atoms with Crippen molar-refractivity contribution < 1.29 is 9.53 Å². The molecule has 0 bridgehead atoms. The third-order valence-electron chi connectivity index (χ3n) is 4.53. The standard InChI is InChI=1S/C18H20ClN3O2S/c1-11-9-12(3-4-14(11)19)15-13(10-20)18(22-5-7-24-8-6-22)25-16(15)17(23)21-2/h3-4,9,13,18H,5-8H2,1-2H3,(H,21,23). The second kappa shape index (κ2) is 7.79. The maximum Gasteiger partial charge on any atom is 0.257 e. The van der Waals surface area contributed by atoms with Crippen LogP contribution in [0.1, 0.15) is 11.1 Å². The highest BCUT2D eigenvalue weighted by molar-refractivity contribution is 8.05. The smallest absolute Gasteiger partial charge is 0.257 e. The summed E-state index contributed by atoms with van der Waals surface area (Å²) in [6, 6.07) is 8.09. The van der Waals surface area contributed by atoms with Gasteiger partial charge in [-0.25, -0.2) is 0 Å². The molecule has 1 N–H and O–H groups in total. The third kappa shape index (κ3) is 3.56. The summed E-state index contributed by atoms with van der Waals surface area (Å²) >= 11 is 7.62. The predicted octanol–water partition coefficient (Wildman–Crippen LogP) is 2.65. The maximum absolute atomic E-state index is 12.5. The van der Waals surface area contributed by atoms with Gasteiger partial charge in [-0.05, 0) is 29.7 Å². The van der Waals surface area contributed by atoms with Crippen LogP contribution in [0.4, 0.5) is 0 Å². The highest BCUT2D eigenvalue weighted by Crippen LogP contribution is 2.48. The Morgan fingerprint density at radius 2 is 2.16 bits per heavy atom. The van der Waals surface area contributed by atoms with Gasteiger partial charge in [0.15, 0.2) is 0 Å². The third-order valence-corrected chi connectivity index (χ3v) is 6.40. The van der Waals surface area contributed by atoms with Gasteiger partial charge in [0.25, 0.3) is 5.91 Å². The molecule has 2 aliphatic heterocycles. The van der Waals surface area contributed by atoms with Crippen LogP contribution in [-0.2, 0) is 9.53 Å². The molecule has 2 aliphatic rings. The Morgan fingerprint density at radius 1 is 1.44 bits per heavy atom. The Bertz CT molecular complexity index is 753. The zero-order valence-electron chi connectivity index (χ0n) is 14.2. The fourth-order valence-electron chi connectivity index (χ4n) is 3.19. The van der Waals surface area contributed by atoms with Crippen LogP contribution in [0.3, 0.4) is 0 Å². The Hall–Kier alpha value is -1.52. The number of carbonyl (C=O) groups is 1. The molecule has 1 fully saturated rings. The number of morpholine rings is 1. The number of hydrogen-bond acceptors (Lipinski definition) is 5. The van der Waals surface area contributed by atoms with Gasteiger partial charge in [0.1, 0.15) is 0 Å². The van der Waals surface area contributed by atoms with E-state index < -0.39 is 0 Å². The van der Waals surface area contributed by atoms with Gasteiger partial charge >= 0.3 is 0 Å². The molecular weight excluding hydrogens is 358 g/mol. The van der Waals surface area contributed by atoms with Gasteiger partial charge in [-0.3, -0.25) is 9.69 Å². The van der Waals surface area contributed by atoms with Crippen LogP contribution in [0.2, 0.25) is 5.02 Å². The lowest BCUT2D eigenvalue weighted by molar-refractivity contribution is -0.116. The first kappa shape index (κ1) is 18.3. The SMILES string of the molecule is CNC(=O)C1=C(c2ccc(Cl)c(C)c2)C(C#N)C(N2CCOCC2)S1. The molecule has 5 nitrogen and oxygen atoms in total. The lowest BCUT2D eigenvalue weighted by Gasteiger charge is -2.33. The number of amides is 1. The molecule has 1 amide bonds. The molecule has 0 radical (unpaired) electrons. The summed E-state index contributed by atoms with van der Waals surface area (Å²) in [5.74, 6) is -0.528. The summed E-state index contributed by atoms with van der Waals surface area (Å²) in [5.41, 5.74) is 2.61. The van der Waals surface area contributed by atoms with E-state index >= 15 is 0 Å². The van der Waals surface area contributed by atoms with Crippen molar-refractivity contribution in [3.05, 3.63) is 39.3 Å². The van der Waals surface area contributed by atoms with Gasteiger partial charge < -0.3 is 10.1 Å². The van der Waals surface area contributed by atoms with Crippen molar-refractivity contribution in [2.75, 3.05) is 33.4 Å². The Labute approximate surface area is 157 Å². The van der Waals surface area contributed by atoms with Crippen molar-refractivity contribution in [2.45, 2.75) is 12.3 Å². The first-order valence-electron chi connectivity index (χ1n) is 8.17. The molecule has 3 rings (SSSR count). The number of ether oxygens (including phenoxy) is 1. The number of nitriles is 1. The molecule has 0 aromatic heterocycles. The molecule has 2 atom stereocenters. The van der Waals surface area contributed by atoms with Crippen LogP contribution in [0.15, 0.2) is 23.1 Å². The fraction of sp³-hybridized carbons (Fsp3) is 0.444. The minimum absolute atomic E-state index is 0.0767. The second-order valence-corrected chi connectivity index (χ2v) is 7.58. The average molecular weight is 378 g/mol. The number of halogens is 1. The summed E-state index contributed by atoms with van der Waals surface area (Å²) in [7, 11) is 1.62. The quantitative estimate of drug-likeness (QED) is 0.877. The Balaban J connectivity index is 2.03. The second-order valence-electron chi connectivity index (χ2n) is 6.05. The molecule has 1 saturated heterocycles. The Morgan fingerprint density at radius 3 is 2.76 bits per heavy atom. The van der Waals surface area contributed by atoms with Crippen LogP contribution >= 0.6 is 23.4 Å². The Kier molecular flexibility index (Phi) is 5.70. The number of nitrogens with zero attached hydrogens (tertiary/aromatic N) is 2. The average Bonchev–Trinajstić information content (AvgIpc) is 3.03. The van der Waals surface area contributed by atoms with E-state index in [9.17, 15) is 10.1 Å². The summed E-state index contributed by atoms with van der Waals surface area (Å²) in [5, 5.41) is 13.2. The minimum Gasteiger partial charge on any atom is -0.379 e. The topological polar surface area (TPSA) is 65.4 Å². The number of nitrogens with one attached hydrogen (secondary N) is 1. The van der Waals surface area contributed by atoms with Crippen LogP contribution in [0.25, 0.3) is 5.57 Å². The predicted molar refractivity (Wildman–Crippen MR) is 100 cm³/mol. The highest BCUT2D eigenvalue weighted by atomic mass is 35.5. The van der Waals surface area contributed by atoms with Gasteiger partial charge in [-0.2, -0.15) is 5.26 Å². The number of hydrogen-bond donors (Lipinski definition) is 1. The molecule has 1 aromatic rings. The van der Waals surface area contributed by atoms with Crippen molar-refractivity contribution in [2.24, 2.45) is 5.92 Å². The van der Waals surface area contributed by atoms with Crippen LogP contribution < -0.4 is 5.32 Å². The molecule has 0 aliphatic carbocycles. The van der Waals surface area contributed by atoms with Crippen molar-refractivity contribution >= 4 is 34.8 Å². The van der Waals surface area contributed by atoms with E-state index in [1.54, 1.807) is 7.05 Å². The van der Waals surface area contributed by atoms with Gasteiger partial charge in [-0.15, -0.1) is 0 Å². The number of likely N-dealkylation sites (N-methyl/N-ethyl adjacent to an activating group) is 1. The van der Waals surface area contributed by atoms with Gasteiger partial charge in [-0.1, -0.05) is 35.5 Å². The van der Waals surface area contributed by atoms with E-state index in [4.69, 9.17) is 16.3 Å². The maximum atomic E-state index is 12.5. The molecule has 2 heterocycles. The number of carbonyl (C=O) groups excluding carboxylic acids is 1. The normalized spacial score (nSPS) is 24.2. The molecule has 7 heteroatoms. The van der Waals surface area contributed by atoms with Gasteiger partial charge in [0.2, 0.25) is 0 Å². The number of aryl methyl sites for hydroxylation is 1. The van der Waals surface area contributed by atoms with E-state index in [0.29, 0.717) is 23.1 Å². The molecular formula is C18H20ClN3O2S. The zero-order valence-corrected chi connectivity index (χ0v) is 15.8. The van der Waals surface area contributed by atoms with Gasteiger partial charge in [0, 0.05) is 25.2 Å². The number of thioether (sulfide) groups is 1. The number of benzene rings is 1. The molecule has 132 valence electrons. The largest absolute Gasteiger partial charge is 0.379 e. The van der Waals surface area contributed by atoms with Crippen LogP contribution in [0, 0.1) is 24.2 Å². The molecule has 0 saturated carbocycles. The fourth-order valence-corrected chi connectivity index (χ4v) is 4.83. The molecule has 25 heavy (non-hydrogen) atoms. The lowest BCUT2D eigenvalue weighted by atomic mass is 9.91. The van der Waals surface area contributed by atoms with E-state index in [1.165, 1.54) is 11.8 Å². The molecule has 1 aromatic carbocycles. The lowest BCUT2D eigenvalue weighted by Crippen LogP contribution is -2.44. The van der Waals surface area contributed by atoms with E-state index in [0.717, 1.165) is 29.8 Å². The van der Waals surface area contributed by atoms with Crippen molar-refractivity contribution in [3.63, 3.8) is 0 Å². The van der Waals surface area contributed by atoms with E-state index in [1.807, 2.05) is 25.1 Å². The summed E-state index contributed by atoms with van der Waals surface area (Å²) in [4.78, 5) is 15.3. The highest BCUT2D eigenvalue weighted by Gasteiger charge is 2.42. The van der Waals surface area contributed by atoms with Crippen molar-refractivity contribution in [1.29, 1.82) is 5.26 Å². The van der Waals surface area contributed by atoms with E-state index in [2.05, 4.69) is 16.3 Å². The van der Waals surface area contributed by atoms with E-state index in [-0.39, 0.29) is 17.2 Å². The minimum atomic E-state index is -0.379. The van der Waals surface area contributed by atoms with Crippen molar-refractivity contribution in [1.82, 2.24) is 10.2 Å². The zero-order chi connectivity index (χ0) is 18.0. The monoisotopic (exact) mass is 377 g/mol. The summed E-state index contributed by atoms with van der Waals surface area (Å²) in [6.45, 7) is 4.77. The van der Waals surface area contributed by atoms with Crippen molar-refractivity contribution in [3.8, 4) is 6.07 Å². The summed E-state index contributed by atoms with van der Waals surface area (Å²) in [6.07, 6.45) is 0.